The molecular weight excluding hydrogens is 633 g/mol. The summed E-state index contributed by atoms with van der Waals surface area (Å²) >= 11 is 10.2. The van der Waals surface area contributed by atoms with Crippen LogP contribution in [0.3, 0.4) is 0 Å². The molecule has 0 aliphatic rings. The fourth-order valence-electron chi connectivity index (χ4n) is 4.69. The molecule has 1 unspecified atom stereocenters. The molecule has 0 saturated carbocycles. The molecule has 0 aliphatic heterocycles. The van der Waals surface area contributed by atoms with Crippen molar-refractivity contribution in [3.63, 3.8) is 0 Å². The predicted molar refractivity (Wildman–Crippen MR) is 161 cm³/mol. The molecule has 1 aromatic heterocycles. The van der Waals surface area contributed by atoms with Gasteiger partial charge in [0, 0.05) is 34.3 Å². The zero-order valence-electron chi connectivity index (χ0n) is 23.2. The van der Waals surface area contributed by atoms with Crippen molar-refractivity contribution in [2.75, 3.05) is 6.54 Å². The third-order valence-electron chi connectivity index (χ3n) is 6.49. The fraction of sp³-hybridized carbons (Fsp3) is 0.281. The van der Waals surface area contributed by atoms with Gasteiger partial charge in [-0.25, -0.2) is 4.98 Å². The maximum absolute atomic E-state index is 14.0. The first-order valence-electron chi connectivity index (χ1n) is 13.2. The molecule has 0 aliphatic carbocycles. The molecule has 1 heterocycles. The highest BCUT2D eigenvalue weighted by Crippen LogP contribution is 2.38. The SMILES string of the molecule is CC(C)(C)OC(=O)CCC(CNC(=O)c1c(Cl)c(-c2ccccc2)nc2ccc(Br)cc12)c1ccccc1C(F)(F)F. The van der Waals surface area contributed by atoms with E-state index in [-0.39, 0.29) is 35.5 Å². The Morgan fingerprint density at radius 1 is 1.00 bits per heavy atom. The van der Waals surface area contributed by atoms with Gasteiger partial charge in [0.2, 0.25) is 0 Å². The summed E-state index contributed by atoms with van der Waals surface area (Å²) in [4.78, 5) is 30.9. The van der Waals surface area contributed by atoms with Gasteiger partial charge in [0.05, 0.1) is 27.4 Å². The third-order valence-corrected chi connectivity index (χ3v) is 7.36. The van der Waals surface area contributed by atoms with Gasteiger partial charge in [0.15, 0.2) is 0 Å². The van der Waals surface area contributed by atoms with Gasteiger partial charge in [0.1, 0.15) is 5.60 Å². The van der Waals surface area contributed by atoms with E-state index >= 15 is 0 Å². The number of carbonyl (C=O) groups excluding carboxylic acids is 2. The number of halogens is 5. The summed E-state index contributed by atoms with van der Waals surface area (Å²) in [6.07, 6.45) is -4.73. The Labute approximate surface area is 255 Å². The molecule has 10 heteroatoms. The van der Waals surface area contributed by atoms with E-state index in [1.807, 2.05) is 30.3 Å². The van der Waals surface area contributed by atoms with Crippen molar-refractivity contribution in [2.24, 2.45) is 0 Å². The third kappa shape index (κ3) is 7.69. The Bertz CT molecular complexity index is 1600. The molecule has 1 N–H and O–H groups in total. The van der Waals surface area contributed by atoms with Crippen molar-refractivity contribution in [2.45, 2.75) is 51.3 Å². The lowest BCUT2D eigenvalue weighted by atomic mass is 9.89. The monoisotopic (exact) mass is 660 g/mol. The van der Waals surface area contributed by atoms with Crippen LogP contribution in [0.2, 0.25) is 5.02 Å². The second-order valence-electron chi connectivity index (χ2n) is 10.8. The van der Waals surface area contributed by atoms with Crippen LogP contribution in [-0.2, 0) is 15.7 Å². The van der Waals surface area contributed by atoms with E-state index in [9.17, 15) is 22.8 Å². The summed E-state index contributed by atoms with van der Waals surface area (Å²) in [6.45, 7) is 4.97. The molecule has 220 valence electrons. The molecule has 3 aromatic carbocycles. The molecule has 0 radical (unpaired) electrons. The number of amides is 1. The number of esters is 1. The van der Waals surface area contributed by atoms with E-state index in [1.54, 1.807) is 39.0 Å². The molecule has 5 nitrogen and oxygen atoms in total. The molecule has 0 fully saturated rings. The Hall–Kier alpha value is -3.43. The molecule has 42 heavy (non-hydrogen) atoms. The Morgan fingerprint density at radius 3 is 2.33 bits per heavy atom. The summed E-state index contributed by atoms with van der Waals surface area (Å²) in [6, 6.07) is 19.6. The van der Waals surface area contributed by atoms with Crippen molar-refractivity contribution in [3.8, 4) is 11.3 Å². The molecule has 0 saturated heterocycles. The number of benzene rings is 3. The van der Waals surface area contributed by atoms with Crippen LogP contribution in [0.5, 0.6) is 0 Å². The summed E-state index contributed by atoms with van der Waals surface area (Å²) in [5.74, 6) is -1.95. The molecule has 1 atom stereocenters. The van der Waals surface area contributed by atoms with Gasteiger partial charge in [-0.05, 0) is 57.0 Å². The first kappa shape index (κ1) is 31.5. The van der Waals surface area contributed by atoms with Crippen LogP contribution in [-0.4, -0.2) is 29.0 Å². The summed E-state index contributed by atoms with van der Waals surface area (Å²) in [5.41, 5.74) is 0.196. The molecular formula is C32H29BrClF3N2O3. The first-order valence-corrected chi connectivity index (χ1v) is 14.4. The number of rotatable bonds is 8. The van der Waals surface area contributed by atoms with E-state index in [0.29, 0.717) is 26.6 Å². The van der Waals surface area contributed by atoms with Crippen LogP contribution in [0, 0.1) is 0 Å². The number of fused-ring (bicyclic) bond motifs is 1. The Balaban J connectivity index is 1.70. The van der Waals surface area contributed by atoms with E-state index < -0.39 is 35.1 Å². The average Bonchev–Trinajstić information content (AvgIpc) is 2.91. The second kappa shape index (κ2) is 12.8. The van der Waals surface area contributed by atoms with Crippen LogP contribution < -0.4 is 5.32 Å². The standard InChI is InChI=1S/C32H29BrClF3N2O3/c1-31(2,3)42-26(40)16-13-20(22-11-7-8-12-24(22)32(35,36)37)18-38-30(41)27-23-17-21(33)14-15-25(23)39-29(28(27)34)19-9-5-4-6-10-19/h4-12,14-15,17,20H,13,16,18H2,1-3H3,(H,38,41). The fourth-order valence-corrected chi connectivity index (χ4v) is 5.39. The van der Waals surface area contributed by atoms with Crippen LogP contribution in [0.4, 0.5) is 13.2 Å². The van der Waals surface area contributed by atoms with Gasteiger partial charge in [-0.3, -0.25) is 9.59 Å². The van der Waals surface area contributed by atoms with E-state index in [0.717, 1.165) is 6.07 Å². The largest absolute Gasteiger partial charge is 0.460 e. The predicted octanol–water partition coefficient (Wildman–Crippen LogP) is 8.97. The quantitative estimate of drug-likeness (QED) is 0.192. The molecule has 0 bridgehead atoms. The smallest absolute Gasteiger partial charge is 0.416 e. The number of alkyl halides is 3. The minimum absolute atomic E-state index is 0.0211. The molecule has 4 aromatic rings. The van der Waals surface area contributed by atoms with E-state index in [1.165, 1.54) is 18.2 Å². The highest BCUT2D eigenvalue weighted by molar-refractivity contribution is 9.10. The van der Waals surface area contributed by atoms with Crippen molar-refractivity contribution in [3.05, 3.63) is 99.0 Å². The summed E-state index contributed by atoms with van der Waals surface area (Å²) in [5, 5.41) is 3.39. The summed E-state index contributed by atoms with van der Waals surface area (Å²) in [7, 11) is 0. The van der Waals surface area contributed by atoms with Crippen molar-refractivity contribution in [1.29, 1.82) is 0 Å². The minimum atomic E-state index is -4.62. The highest BCUT2D eigenvalue weighted by Gasteiger charge is 2.35. The number of ether oxygens (including phenoxy) is 1. The molecule has 1 amide bonds. The van der Waals surface area contributed by atoms with Gasteiger partial charge >= 0.3 is 12.1 Å². The van der Waals surface area contributed by atoms with Crippen molar-refractivity contribution < 1.29 is 27.5 Å². The van der Waals surface area contributed by atoms with Gasteiger partial charge in [-0.1, -0.05) is 76.1 Å². The number of nitrogens with one attached hydrogen (secondary N) is 1. The second-order valence-corrected chi connectivity index (χ2v) is 12.1. The first-order chi connectivity index (χ1) is 19.7. The summed E-state index contributed by atoms with van der Waals surface area (Å²) < 4.78 is 47.9. The van der Waals surface area contributed by atoms with Gasteiger partial charge in [-0.2, -0.15) is 13.2 Å². The number of carbonyl (C=O) groups is 2. The lowest BCUT2D eigenvalue weighted by Crippen LogP contribution is -2.31. The normalized spacial score (nSPS) is 12.7. The van der Waals surface area contributed by atoms with Crippen molar-refractivity contribution in [1.82, 2.24) is 10.3 Å². The number of hydrogen-bond donors (Lipinski definition) is 1. The minimum Gasteiger partial charge on any atom is -0.460 e. The lowest BCUT2D eigenvalue weighted by Gasteiger charge is -2.24. The lowest BCUT2D eigenvalue weighted by molar-refractivity contribution is -0.155. The van der Waals surface area contributed by atoms with E-state index in [2.05, 4.69) is 26.2 Å². The molecule has 4 rings (SSSR count). The van der Waals surface area contributed by atoms with Crippen molar-refractivity contribution >= 4 is 50.3 Å². The van der Waals surface area contributed by atoms with Crippen LogP contribution in [0.1, 0.15) is 61.0 Å². The molecule has 0 spiro atoms. The highest BCUT2D eigenvalue weighted by atomic mass is 79.9. The number of hydrogen-bond acceptors (Lipinski definition) is 4. The topological polar surface area (TPSA) is 68.3 Å². The zero-order chi connectivity index (χ0) is 30.7. The number of aromatic nitrogens is 1. The Morgan fingerprint density at radius 2 is 1.67 bits per heavy atom. The van der Waals surface area contributed by atoms with Gasteiger partial charge in [0.25, 0.3) is 5.91 Å². The number of nitrogens with zero attached hydrogens (tertiary/aromatic N) is 1. The average molecular weight is 662 g/mol. The van der Waals surface area contributed by atoms with E-state index in [4.69, 9.17) is 16.3 Å². The van der Waals surface area contributed by atoms with Crippen LogP contribution in [0.15, 0.2) is 77.3 Å². The maximum atomic E-state index is 14.0. The number of pyridine rings is 1. The van der Waals surface area contributed by atoms with Crippen LogP contribution >= 0.6 is 27.5 Å². The Kier molecular flexibility index (Phi) is 9.63. The van der Waals surface area contributed by atoms with Gasteiger partial charge in [-0.15, -0.1) is 0 Å². The maximum Gasteiger partial charge on any atom is 0.416 e. The van der Waals surface area contributed by atoms with Gasteiger partial charge < -0.3 is 10.1 Å². The zero-order valence-corrected chi connectivity index (χ0v) is 25.5. The van der Waals surface area contributed by atoms with Crippen LogP contribution in [0.25, 0.3) is 22.2 Å².